The van der Waals surface area contributed by atoms with Crippen molar-refractivity contribution in [1.29, 1.82) is 0 Å². The Hall–Kier alpha value is -1.13. The summed E-state index contributed by atoms with van der Waals surface area (Å²) in [5.41, 5.74) is 7.39. The minimum absolute atomic E-state index is 0.252. The molecule has 0 amide bonds. The van der Waals surface area contributed by atoms with E-state index in [0.29, 0.717) is 5.11 Å². The lowest BCUT2D eigenvalue weighted by atomic mass is 9.79. The zero-order valence-corrected chi connectivity index (χ0v) is 13.4. The molecular weight excluding hydrogens is 266 g/mol. The standard InChI is InChI=1S/C16H27N3S/c1-3-16(4-2,13-17)10-11-18-15(20)19-12-14-8-6-5-7-9-14/h5-9H,3-4,10-13,17H2,1-2H3,(H2,18,19,20). The molecule has 0 radical (unpaired) electrons. The van der Waals surface area contributed by atoms with Gasteiger partial charge in [0.2, 0.25) is 0 Å². The van der Waals surface area contributed by atoms with Crippen LogP contribution in [0.5, 0.6) is 0 Å². The fraction of sp³-hybridized carbons (Fsp3) is 0.562. The Morgan fingerprint density at radius 3 is 2.35 bits per heavy atom. The molecule has 20 heavy (non-hydrogen) atoms. The van der Waals surface area contributed by atoms with Gasteiger partial charge in [0.25, 0.3) is 0 Å². The van der Waals surface area contributed by atoms with Crippen molar-refractivity contribution in [1.82, 2.24) is 10.6 Å². The van der Waals surface area contributed by atoms with Crippen LogP contribution in [0.2, 0.25) is 0 Å². The first-order valence-electron chi connectivity index (χ1n) is 7.41. The molecule has 0 saturated carbocycles. The van der Waals surface area contributed by atoms with Crippen LogP contribution in [0.1, 0.15) is 38.7 Å². The van der Waals surface area contributed by atoms with Crippen LogP contribution in [0.25, 0.3) is 0 Å². The van der Waals surface area contributed by atoms with Gasteiger partial charge < -0.3 is 16.4 Å². The second-order valence-electron chi connectivity index (χ2n) is 5.26. The molecular formula is C16H27N3S. The number of thiocarbonyl (C=S) groups is 1. The maximum atomic E-state index is 5.90. The van der Waals surface area contributed by atoms with Gasteiger partial charge in [-0.2, -0.15) is 0 Å². The molecule has 0 aliphatic carbocycles. The number of benzene rings is 1. The van der Waals surface area contributed by atoms with E-state index in [1.165, 1.54) is 5.56 Å². The van der Waals surface area contributed by atoms with E-state index in [-0.39, 0.29) is 5.41 Å². The summed E-state index contributed by atoms with van der Waals surface area (Å²) >= 11 is 5.30. The van der Waals surface area contributed by atoms with Crippen molar-refractivity contribution >= 4 is 17.3 Å². The van der Waals surface area contributed by atoms with Gasteiger partial charge in [-0.1, -0.05) is 44.2 Å². The molecule has 4 heteroatoms. The molecule has 0 atom stereocenters. The van der Waals surface area contributed by atoms with Gasteiger partial charge in [-0.25, -0.2) is 0 Å². The van der Waals surface area contributed by atoms with Crippen LogP contribution >= 0.6 is 12.2 Å². The highest BCUT2D eigenvalue weighted by Gasteiger charge is 2.23. The highest BCUT2D eigenvalue weighted by molar-refractivity contribution is 7.80. The Morgan fingerprint density at radius 2 is 1.80 bits per heavy atom. The third-order valence-corrected chi connectivity index (χ3v) is 4.46. The highest BCUT2D eigenvalue weighted by Crippen LogP contribution is 2.28. The summed E-state index contributed by atoms with van der Waals surface area (Å²) in [4.78, 5) is 0. The highest BCUT2D eigenvalue weighted by atomic mass is 32.1. The maximum absolute atomic E-state index is 5.90. The zero-order valence-electron chi connectivity index (χ0n) is 12.6. The van der Waals surface area contributed by atoms with E-state index in [9.17, 15) is 0 Å². The fourth-order valence-electron chi connectivity index (χ4n) is 2.28. The van der Waals surface area contributed by atoms with Gasteiger partial charge in [-0.3, -0.25) is 0 Å². The summed E-state index contributed by atoms with van der Waals surface area (Å²) in [5, 5.41) is 7.22. The van der Waals surface area contributed by atoms with Gasteiger partial charge in [0.1, 0.15) is 0 Å². The number of rotatable bonds is 8. The van der Waals surface area contributed by atoms with Gasteiger partial charge in [-0.05, 0) is 49.0 Å². The van der Waals surface area contributed by atoms with Crippen molar-refractivity contribution in [3.05, 3.63) is 35.9 Å². The number of hydrogen-bond donors (Lipinski definition) is 3. The smallest absolute Gasteiger partial charge is 0.166 e. The van der Waals surface area contributed by atoms with E-state index in [2.05, 4.69) is 36.6 Å². The lowest BCUT2D eigenvalue weighted by molar-refractivity contribution is 0.251. The molecule has 0 aliphatic rings. The predicted octanol–water partition coefficient (Wildman–Crippen LogP) is 2.81. The van der Waals surface area contributed by atoms with Gasteiger partial charge in [0, 0.05) is 13.1 Å². The predicted molar refractivity (Wildman–Crippen MR) is 90.6 cm³/mol. The Kier molecular flexibility index (Phi) is 7.55. The maximum Gasteiger partial charge on any atom is 0.166 e. The summed E-state index contributed by atoms with van der Waals surface area (Å²) in [6, 6.07) is 10.3. The van der Waals surface area contributed by atoms with Gasteiger partial charge in [0.05, 0.1) is 0 Å². The fourth-order valence-corrected chi connectivity index (χ4v) is 2.45. The average Bonchev–Trinajstić information content (AvgIpc) is 2.51. The van der Waals surface area contributed by atoms with Gasteiger partial charge >= 0.3 is 0 Å². The van der Waals surface area contributed by atoms with Crippen LogP contribution in [0, 0.1) is 5.41 Å². The molecule has 0 aromatic heterocycles. The van der Waals surface area contributed by atoms with E-state index in [0.717, 1.165) is 38.9 Å². The molecule has 1 aromatic carbocycles. The van der Waals surface area contributed by atoms with Crippen molar-refractivity contribution in [2.24, 2.45) is 11.1 Å². The minimum atomic E-state index is 0.252. The van der Waals surface area contributed by atoms with Crippen LogP contribution in [-0.4, -0.2) is 18.2 Å². The lowest BCUT2D eigenvalue weighted by Gasteiger charge is -2.30. The first-order valence-corrected chi connectivity index (χ1v) is 7.82. The molecule has 0 spiro atoms. The summed E-state index contributed by atoms with van der Waals surface area (Å²) in [5.74, 6) is 0. The van der Waals surface area contributed by atoms with E-state index >= 15 is 0 Å². The molecule has 0 saturated heterocycles. The van der Waals surface area contributed by atoms with Crippen LogP contribution in [0.4, 0.5) is 0 Å². The quantitative estimate of drug-likeness (QED) is 0.645. The molecule has 1 rings (SSSR count). The summed E-state index contributed by atoms with van der Waals surface area (Å²) in [7, 11) is 0. The number of nitrogens with one attached hydrogen (secondary N) is 2. The van der Waals surface area contributed by atoms with Crippen molar-refractivity contribution in [2.45, 2.75) is 39.7 Å². The van der Waals surface area contributed by atoms with Crippen LogP contribution in [0.15, 0.2) is 30.3 Å². The first kappa shape index (κ1) is 16.9. The van der Waals surface area contributed by atoms with E-state index in [1.807, 2.05) is 18.2 Å². The molecule has 0 heterocycles. The van der Waals surface area contributed by atoms with Gasteiger partial charge in [-0.15, -0.1) is 0 Å². The lowest BCUT2D eigenvalue weighted by Crippen LogP contribution is -2.39. The Morgan fingerprint density at radius 1 is 1.15 bits per heavy atom. The molecule has 0 fully saturated rings. The third kappa shape index (κ3) is 5.47. The summed E-state index contributed by atoms with van der Waals surface area (Å²) < 4.78 is 0. The minimum Gasteiger partial charge on any atom is -0.363 e. The Labute approximate surface area is 128 Å². The van der Waals surface area contributed by atoms with Gasteiger partial charge in [0.15, 0.2) is 5.11 Å². The SMILES string of the molecule is CCC(CC)(CN)CCNC(=S)NCc1ccccc1. The normalized spacial score (nSPS) is 11.2. The largest absolute Gasteiger partial charge is 0.363 e. The number of nitrogens with two attached hydrogens (primary N) is 1. The van der Waals surface area contributed by atoms with E-state index < -0.39 is 0 Å². The summed E-state index contributed by atoms with van der Waals surface area (Å²) in [6.07, 6.45) is 3.29. The topological polar surface area (TPSA) is 50.1 Å². The van der Waals surface area contributed by atoms with Crippen molar-refractivity contribution < 1.29 is 0 Å². The second-order valence-corrected chi connectivity index (χ2v) is 5.66. The molecule has 0 aliphatic heterocycles. The Bertz CT molecular complexity index is 380. The second kappa shape index (κ2) is 8.93. The molecule has 4 N–H and O–H groups in total. The van der Waals surface area contributed by atoms with Crippen LogP contribution < -0.4 is 16.4 Å². The average molecular weight is 293 g/mol. The first-order chi connectivity index (χ1) is 9.65. The summed E-state index contributed by atoms with van der Waals surface area (Å²) in [6.45, 7) is 6.80. The monoisotopic (exact) mass is 293 g/mol. The van der Waals surface area contributed by atoms with E-state index in [4.69, 9.17) is 18.0 Å². The van der Waals surface area contributed by atoms with Crippen LogP contribution in [-0.2, 0) is 6.54 Å². The molecule has 1 aromatic rings. The third-order valence-electron chi connectivity index (χ3n) is 4.17. The molecule has 112 valence electrons. The van der Waals surface area contributed by atoms with Crippen molar-refractivity contribution in [2.75, 3.05) is 13.1 Å². The molecule has 3 nitrogen and oxygen atoms in total. The zero-order chi connectivity index (χ0) is 14.8. The van der Waals surface area contributed by atoms with Crippen molar-refractivity contribution in [3.8, 4) is 0 Å². The number of hydrogen-bond acceptors (Lipinski definition) is 2. The molecule has 0 unspecified atom stereocenters. The van der Waals surface area contributed by atoms with E-state index in [1.54, 1.807) is 0 Å². The van der Waals surface area contributed by atoms with Crippen molar-refractivity contribution in [3.63, 3.8) is 0 Å². The molecule has 0 bridgehead atoms. The van der Waals surface area contributed by atoms with Crippen LogP contribution in [0.3, 0.4) is 0 Å². The Balaban J connectivity index is 2.26.